The molecule has 4 heteroatoms. The summed E-state index contributed by atoms with van der Waals surface area (Å²) in [5.74, 6) is -0.339. The first-order chi connectivity index (χ1) is 5.85. The van der Waals surface area contributed by atoms with Crippen LogP contribution in [0.1, 0.15) is 33.6 Å². The average molecular weight is 187 g/mol. The minimum Gasteiger partial charge on any atom is -0.481 e. The molecule has 0 fully saturated rings. The van der Waals surface area contributed by atoms with E-state index in [1.54, 1.807) is 7.05 Å². The number of hydrogen-bond donors (Lipinski definition) is 1. The van der Waals surface area contributed by atoms with Crippen LogP contribution in [-0.2, 0) is 9.53 Å². The minimum absolute atomic E-state index is 0.0583. The van der Waals surface area contributed by atoms with E-state index in [2.05, 4.69) is 4.99 Å². The lowest BCUT2D eigenvalue weighted by molar-refractivity contribution is -0.136. The van der Waals surface area contributed by atoms with Crippen molar-refractivity contribution in [1.29, 1.82) is 0 Å². The summed E-state index contributed by atoms with van der Waals surface area (Å²) >= 11 is 0. The molecule has 0 heterocycles. The van der Waals surface area contributed by atoms with Crippen LogP contribution in [0.3, 0.4) is 0 Å². The van der Waals surface area contributed by atoms with E-state index in [-0.39, 0.29) is 12.0 Å². The highest BCUT2D eigenvalue weighted by Crippen LogP contribution is 2.10. The van der Waals surface area contributed by atoms with Crippen molar-refractivity contribution in [2.75, 3.05) is 7.05 Å². The standard InChI is InChI=1S/C9H17NO3/c1-9(2,3)13-7(10-4)5-6-8(11)12/h5-6H2,1-4H3,(H,11,12). The Kier molecular flexibility index (Phi) is 4.45. The van der Waals surface area contributed by atoms with Crippen LogP contribution in [0.15, 0.2) is 4.99 Å². The Morgan fingerprint density at radius 3 is 2.23 bits per heavy atom. The number of ether oxygens (including phenoxy) is 1. The van der Waals surface area contributed by atoms with Crippen LogP contribution >= 0.6 is 0 Å². The summed E-state index contributed by atoms with van der Waals surface area (Å²) in [6.45, 7) is 5.71. The van der Waals surface area contributed by atoms with E-state index in [4.69, 9.17) is 9.84 Å². The summed E-state index contributed by atoms with van der Waals surface area (Å²) in [6, 6.07) is 0. The molecule has 0 unspecified atom stereocenters. The lowest BCUT2D eigenvalue weighted by Crippen LogP contribution is -2.24. The van der Waals surface area contributed by atoms with Gasteiger partial charge in [-0.1, -0.05) is 0 Å². The van der Waals surface area contributed by atoms with Gasteiger partial charge in [0.15, 0.2) is 5.90 Å². The summed E-state index contributed by atoms with van der Waals surface area (Å²) < 4.78 is 5.42. The van der Waals surface area contributed by atoms with Gasteiger partial charge in [0, 0.05) is 13.5 Å². The molecule has 0 aromatic rings. The molecule has 0 saturated heterocycles. The van der Waals surface area contributed by atoms with E-state index in [1.807, 2.05) is 20.8 Å². The van der Waals surface area contributed by atoms with Gasteiger partial charge in [-0.3, -0.25) is 9.79 Å². The predicted octanol–water partition coefficient (Wildman–Crippen LogP) is 1.69. The summed E-state index contributed by atoms with van der Waals surface area (Å²) in [4.78, 5) is 14.2. The van der Waals surface area contributed by atoms with Crippen LogP contribution in [0.2, 0.25) is 0 Å². The SMILES string of the molecule is CN=C(CCC(=O)O)OC(C)(C)C. The molecule has 0 saturated carbocycles. The Hall–Kier alpha value is -1.06. The fourth-order valence-electron chi connectivity index (χ4n) is 0.776. The van der Waals surface area contributed by atoms with Crippen molar-refractivity contribution in [3.8, 4) is 0 Å². The maximum atomic E-state index is 10.3. The Morgan fingerprint density at radius 2 is 1.92 bits per heavy atom. The van der Waals surface area contributed by atoms with E-state index < -0.39 is 5.97 Å². The predicted molar refractivity (Wildman–Crippen MR) is 51.1 cm³/mol. The largest absolute Gasteiger partial charge is 0.481 e. The molecular weight excluding hydrogens is 170 g/mol. The van der Waals surface area contributed by atoms with Crippen LogP contribution in [0.25, 0.3) is 0 Å². The molecule has 0 aromatic carbocycles. The molecule has 0 aromatic heterocycles. The van der Waals surface area contributed by atoms with Crippen molar-refractivity contribution in [3.05, 3.63) is 0 Å². The van der Waals surface area contributed by atoms with Crippen LogP contribution < -0.4 is 0 Å². The number of carboxylic acid groups (broad SMARTS) is 1. The van der Waals surface area contributed by atoms with Gasteiger partial charge >= 0.3 is 5.97 Å². The van der Waals surface area contributed by atoms with E-state index in [0.717, 1.165) is 0 Å². The molecule has 0 aliphatic heterocycles. The van der Waals surface area contributed by atoms with Gasteiger partial charge in [-0.2, -0.15) is 0 Å². The van der Waals surface area contributed by atoms with Crippen molar-refractivity contribution in [2.24, 2.45) is 4.99 Å². The second kappa shape index (κ2) is 4.84. The molecule has 4 nitrogen and oxygen atoms in total. The van der Waals surface area contributed by atoms with Crippen LogP contribution in [-0.4, -0.2) is 29.6 Å². The van der Waals surface area contributed by atoms with Gasteiger partial charge in [-0.05, 0) is 20.8 Å². The molecular formula is C9H17NO3. The lowest BCUT2D eigenvalue weighted by atomic mass is 10.2. The third-order valence-corrected chi connectivity index (χ3v) is 1.23. The van der Waals surface area contributed by atoms with Gasteiger partial charge < -0.3 is 9.84 Å². The normalized spacial score (nSPS) is 12.8. The smallest absolute Gasteiger partial charge is 0.303 e. The fourth-order valence-corrected chi connectivity index (χ4v) is 0.776. The van der Waals surface area contributed by atoms with E-state index >= 15 is 0 Å². The highest BCUT2D eigenvalue weighted by Gasteiger charge is 2.14. The van der Waals surface area contributed by atoms with Gasteiger partial charge in [0.05, 0.1) is 6.42 Å². The van der Waals surface area contributed by atoms with Gasteiger partial charge in [0.1, 0.15) is 5.60 Å². The number of rotatable bonds is 3. The Bertz CT molecular complexity index is 203. The molecule has 0 rings (SSSR count). The highest BCUT2D eigenvalue weighted by molar-refractivity contribution is 5.80. The zero-order valence-corrected chi connectivity index (χ0v) is 8.63. The number of nitrogens with zero attached hydrogens (tertiary/aromatic N) is 1. The fraction of sp³-hybridized carbons (Fsp3) is 0.778. The number of carbonyl (C=O) groups is 1. The Morgan fingerprint density at radius 1 is 1.38 bits per heavy atom. The molecule has 0 aliphatic rings. The lowest BCUT2D eigenvalue weighted by Gasteiger charge is -2.21. The summed E-state index contributed by atoms with van der Waals surface area (Å²) in [5.41, 5.74) is -0.312. The molecule has 0 atom stereocenters. The molecule has 0 spiro atoms. The molecule has 0 radical (unpaired) electrons. The monoisotopic (exact) mass is 187 g/mol. The average Bonchev–Trinajstić information content (AvgIpc) is 1.95. The highest BCUT2D eigenvalue weighted by atomic mass is 16.5. The molecule has 0 bridgehead atoms. The maximum absolute atomic E-state index is 10.3. The first kappa shape index (κ1) is 11.9. The van der Waals surface area contributed by atoms with E-state index in [1.165, 1.54) is 0 Å². The van der Waals surface area contributed by atoms with E-state index in [0.29, 0.717) is 12.3 Å². The first-order valence-electron chi connectivity index (χ1n) is 4.21. The molecule has 0 amide bonds. The van der Waals surface area contributed by atoms with Gasteiger partial charge in [0.25, 0.3) is 0 Å². The van der Waals surface area contributed by atoms with Crippen LogP contribution in [0.5, 0.6) is 0 Å². The zero-order chi connectivity index (χ0) is 10.5. The van der Waals surface area contributed by atoms with Crippen molar-refractivity contribution in [3.63, 3.8) is 0 Å². The zero-order valence-electron chi connectivity index (χ0n) is 8.63. The maximum Gasteiger partial charge on any atom is 0.303 e. The quantitative estimate of drug-likeness (QED) is 0.540. The molecule has 0 aliphatic carbocycles. The molecule has 13 heavy (non-hydrogen) atoms. The number of carboxylic acids is 1. The second-order valence-electron chi connectivity index (χ2n) is 3.73. The number of aliphatic imine (C=N–C) groups is 1. The third-order valence-electron chi connectivity index (χ3n) is 1.23. The van der Waals surface area contributed by atoms with E-state index in [9.17, 15) is 4.79 Å². The van der Waals surface area contributed by atoms with Crippen molar-refractivity contribution in [2.45, 2.75) is 39.2 Å². The Balaban J connectivity index is 4.00. The topological polar surface area (TPSA) is 58.9 Å². The minimum atomic E-state index is -0.835. The van der Waals surface area contributed by atoms with Crippen molar-refractivity contribution >= 4 is 11.9 Å². The molecule has 76 valence electrons. The second-order valence-corrected chi connectivity index (χ2v) is 3.73. The van der Waals surface area contributed by atoms with Gasteiger partial charge in [-0.15, -0.1) is 0 Å². The number of aliphatic carboxylic acids is 1. The summed E-state index contributed by atoms with van der Waals surface area (Å²) in [5, 5.41) is 8.45. The Labute approximate surface area is 78.6 Å². The molecule has 1 N–H and O–H groups in total. The number of hydrogen-bond acceptors (Lipinski definition) is 3. The van der Waals surface area contributed by atoms with Crippen LogP contribution in [0.4, 0.5) is 0 Å². The van der Waals surface area contributed by atoms with Gasteiger partial charge in [0.2, 0.25) is 0 Å². The van der Waals surface area contributed by atoms with Crippen molar-refractivity contribution < 1.29 is 14.6 Å². The summed E-state index contributed by atoms with van der Waals surface area (Å²) in [7, 11) is 1.60. The van der Waals surface area contributed by atoms with Gasteiger partial charge in [-0.25, -0.2) is 0 Å². The third kappa shape index (κ3) is 7.31. The summed E-state index contributed by atoms with van der Waals surface area (Å²) in [6.07, 6.45) is 0.409. The van der Waals surface area contributed by atoms with Crippen molar-refractivity contribution in [1.82, 2.24) is 0 Å². The van der Waals surface area contributed by atoms with Crippen LogP contribution in [0, 0.1) is 0 Å². The first-order valence-corrected chi connectivity index (χ1v) is 4.21.